The van der Waals surface area contributed by atoms with Crippen LogP contribution in [0.2, 0.25) is 0 Å². The van der Waals surface area contributed by atoms with E-state index in [0.29, 0.717) is 0 Å². The first-order valence-electron chi connectivity index (χ1n) is 7.01. The van der Waals surface area contributed by atoms with Gasteiger partial charge >= 0.3 is 0 Å². The third-order valence-electron chi connectivity index (χ3n) is 3.42. The highest BCUT2D eigenvalue weighted by Crippen LogP contribution is 2.31. The second-order valence-corrected chi connectivity index (χ2v) is 5.82. The number of nitrogens with two attached hydrogens (primary N) is 1. The number of hydrogen-bond donors (Lipinski definition) is 1. The van der Waals surface area contributed by atoms with Gasteiger partial charge in [0.1, 0.15) is 5.75 Å². The quantitative estimate of drug-likeness (QED) is 0.894. The maximum Gasteiger partial charge on any atom is 0.133 e. The molecule has 1 aliphatic rings. The third-order valence-corrected chi connectivity index (χ3v) is 4.04. The minimum Gasteiger partial charge on any atom is -0.492 e. The smallest absolute Gasteiger partial charge is 0.133 e. The molecule has 106 valence electrons. The van der Waals surface area contributed by atoms with Crippen LogP contribution in [0.5, 0.6) is 5.75 Å². The Bertz CT molecular complexity index is 405. The molecule has 0 aliphatic carbocycles. The van der Waals surface area contributed by atoms with Gasteiger partial charge in [0.25, 0.3) is 0 Å². The predicted octanol–water partition coefficient (Wildman–Crippen LogP) is 3.81. The van der Waals surface area contributed by atoms with Crippen LogP contribution in [0.15, 0.2) is 22.7 Å². The molecule has 3 nitrogen and oxygen atoms in total. The summed E-state index contributed by atoms with van der Waals surface area (Å²) in [5.74, 6) is 0.877. The maximum atomic E-state index is 6.30. The number of rotatable bonds is 5. The van der Waals surface area contributed by atoms with E-state index in [0.717, 1.165) is 48.3 Å². The van der Waals surface area contributed by atoms with Crippen LogP contribution in [0, 0.1) is 0 Å². The molecule has 1 heterocycles. The Kier molecular flexibility index (Phi) is 5.67. The molecule has 1 aromatic rings. The van der Waals surface area contributed by atoms with E-state index >= 15 is 0 Å². The summed E-state index contributed by atoms with van der Waals surface area (Å²) in [6, 6.07) is 6.01. The van der Waals surface area contributed by atoms with Crippen molar-refractivity contribution in [3.05, 3.63) is 28.2 Å². The molecular weight excluding hydrogens is 306 g/mol. The molecule has 0 radical (unpaired) electrons. The van der Waals surface area contributed by atoms with Crippen molar-refractivity contribution in [2.75, 3.05) is 13.2 Å². The van der Waals surface area contributed by atoms with E-state index in [1.54, 1.807) is 0 Å². The summed E-state index contributed by atoms with van der Waals surface area (Å²) in [7, 11) is 0. The molecule has 2 atom stereocenters. The molecule has 1 aliphatic heterocycles. The summed E-state index contributed by atoms with van der Waals surface area (Å²) in [4.78, 5) is 0. The van der Waals surface area contributed by atoms with Gasteiger partial charge in [-0.25, -0.2) is 0 Å². The molecule has 2 rings (SSSR count). The van der Waals surface area contributed by atoms with E-state index in [4.69, 9.17) is 15.2 Å². The molecule has 0 saturated carbocycles. The van der Waals surface area contributed by atoms with Gasteiger partial charge in [0, 0.05) is 6.61 Å². The van der Waals surface area contributed by atoms with Crippen LogP contribution in [0.4, 0.5) is 0 Å². The Balaban J connectivity index is 2.05. The molecule has 2 unspecified atom stereocenters. The fraction of sp³-hybridized carbons (Fsp3) is 0.600. The number of ether oxygens (including phenoxy) is 2. The van der Waals surface area contributed by atoms with Crippen LogP contribution in [0.1, 0.15) is 44.2 Å². The molecule has 1 aromatic carbocycles. The van der Waals surface area contributed by atoms with Gasteiger partial charge in [0.15, 0.2) is 0 Å². The van der Waals surface area contributed by atoms with Crippen LogP contribution in [0.3, 0.4) is 0 Å². The minimum absolute atomic E-state index is 0.0585. The summed E-state index contributed by atoms with van der Waals surface area (Å²) in [6.07, 6.45) is 4.55. The molecule has 0 amide bonds. The predicted molar refractivity (Wildman–Crippen MR) is 80.4 cm³/mol. The maximum absolute atomic E-state index is 6.30. The van der Waals surface area contributed by atoms with E-state index in [1.807, 2.05) is 18.2 Å². The second kappa shape index (κ2) is 7.27. The lowest BCUT2D eigenvalue weighted by Gasteiger charge is -2.28. The highest BCUT2D eigenvalue weighted by atomic mass is 79.9. The zero-order valence-corrected chi connectivity index (χ0v) is 13.0. The van der Waals surface area contributed by atoms with E-state index in [-0.39, 0.29) is 12.1 Å². The third kappa shape index (κ3) is 3.94. The fourth-order valence-electron chi connectivity index (χ4n) is 2.32. The Morgan fingerprint density at radius 2 is 2.32 bits per heavy atom. The molecular formula is C15H22BrNO2. The van der Waals surface area contributed by atoms with E-state index in [2.05, 4.69) is 22.9 Å². The van der Waals surface area contributed by atoms with Crippen molar-refractivity contribution in [1.82, 2.24) is 0 Å². The van der Waals surface area contributed by atoms with Gasteiger partial charge in [-0.15, -0.1) is 0 Å². The van der Waals surface area contributed by atoms with Crippen molar-refractivity contribution in [3.8, 4) is 5.75 Å². The topological polar surface area (TPSA) is 44.5 Å². The first-order chi connectivity index (χ1) is 9.22. The average Bonchev–Trinajstić information content (AvgIpc) is 2.46. The number of hydrogen-bond acceptors (Lipinski definition) is 3. The summed E-state index contributed by atoms with van der Waals surface area (Å²) in [5.41, 5.74) is 7.40. The molecule has 1 saturated heterocycles. The molecule has 4 heteroatoms. The summed E-state index contributed by atoms with van der Waals surface area (Å²) in [6.45, 7) is 3.66. The first-order valence-corrected chi connectivity index (χ1v) is 7.81. The number of benzene rings is 1. The van der Waals surface area contributed by atoms with Gasteiger partial charge in [-0.3, -0.25) is 0 Å². The summed E-state index contributed by atoms with van der Waals surface area (Å²) >= 11 is 3.55. The van der Waals surface area contributed by atoms with Gasteiger partial charge in [0.05, 0.1) is 23.2 Å². The van der Waals surface area contributed by atoms with Crippen molar-refractivity contribution < 1.29 is 9.47 Å². The summed E-state index contributed by atoms with van der Waals surface area (Å²) < 4.78 is 12.4. The van der Waals surface area contributed by atoms with Crippen molar-refractivity contribution in [3.63, 3.8) is 0 Å². The molecule has 2 N–H and O–H groups in total. The van der Waals surface area contributed by atoms with E-state index < -0.39 is 0 Å². The Labute approximate surface area is 123 Å². The molecule has 1 fully saturated rings. The Morgan fingerprint density at radius 1 is 1.47 bits per heavy atom. The van der Waals surface area contributed by atoms with Gasteiger partial charge < -0.3 is 15.2 Å². The zero-order valence-electron chi connectivity index (χ0n) is 11.4. The standard InChI is InChI=1S/C15H22BrNO2/c1-2-8-18-13-7-6-11(10-12(13)16)15(17)14-5-3-4-9-19-14/h6-7,10,14-15H,2-5,8-9,17H2,1H3. The van der Waals surface area contributed by atoms with Crippen LogP contribution in [0.25, 0.3) is 0 Å². The van der Waals surface area contributed by atoms with E-state index in [1.165, 1.54) is 6.42 Å². The zero-order chi connectivity index (χ0) is 13.7. The largest absolute Gasteiger partial charge is 0.492 e. The number of halogens is 1. The monoisotopic (exact) mass is 327 g/mol. The average molecular weight is 328 g/mol. The highest BCUT2D eigenvalue weighted by Gasteiger charge is 2.23. The van der Waals surface area contributed by atoms with Crippen LogP contribution < -0.4 is 10.5 Å². The first kappa shape index (κ1) is 14.8. The molecule has 0 bridgehead atoms. The highest BCUT2D eigenvalue weighted by molar-refractivity contribution is 9.10. The van der Waals surface area contributed by atoms with Crippen molar-refractivity contribution in [2.45, 2.75) is 44.8 Å². The molecule has 0 aromatic heterocycles. The van der Waals surface area contributed by atoms with Crippen LogP contribution >= 0.6 is 15.9 Å². The molecule has 19 heavy (non-hydrogen) atoms. The SMILES string of the molecule is CCCOc1ccc(C(N)C2CCCCO2)cc1Br. The van der Waals surface area contributed by atoms with Gasteiger partial charge in [-0.05, 0) is 59.3 Å². The van der Waals surface area contributed by atoms with Crippen molar-refractivity contribution >= 4 is 15.9 Å². The van der Waals surface area contributed by atoms with Crippen LogP contribution in [-0.2, 0) is 4.74 Å². The second-order valence-electron chi connectivity index (χ2n) is 4.97. The van der Waals surface area contributed by atoms with Gasteiger partial charge in [-0.2, -0.15) is 0 Å². The van der Waals surface area contributed by atoms with Crippen molar-refractivity contribution in [1.29, 1.82) is 0 Å². The Morgan fingerprint density at radius 3 is 2.95 bits per heavy atom. The van der Waals surface area contributed by atoms with E-state index in [9.17, 15) is 0 Å². The normalized spacial score (nSPS) is 21.1. The van der Waals surface area contributed by atoms with Gasteiger partial charge in [-0.1, -0.05) is 13.0 Å². The fourth-order valence-corrected chi connectivity index (χ4v) is 2.83. The summed E-state index contributed by atoms with van der Waals surface area (Å²) in [5, 5.41) is 0. The Hall–Kier alpha value is -0.580. The minimum atomic E-state index is -0.0585. The lowest BCUT2D eigenvalue weighted by molar-refractivity contribution is -0.00000707. The van der Waals surface area contributed by atoms with Crippen LogP contribution in [-0.4, -0.2) is 19.3 Å². The van der Waals surface area contributed by atoms with Gasteiger partial charge in [0.2, 0.25) is 0 Å². The lowest BCUT2D eigenvalue weighted by Crippen LogP contribution is -2.31. The lowest BCUT2D eigenvalue weighted by atomic mass is 9.96. The van der Waals surface area contributed by atoms with Crippen molar-refractivity contribution in [2.24, 2.45) is 5.73 Å². The molecule has 0 spiro atoms.